The molecule has 1 aromatic rings. The van der Waals surface area contributed by atoms with Crippen LogP contribution in [0.3, 0.4) is 0 Å². The van der Waals surface area contributed by atoms with E-state index < -0.39 is 0 Å². The second-order valence-electron chi connectivity index (χ2n) is 3.72. The van der Waals surface area contributed by atoms with Gasteiger partial charge in [0.25, 0.3) is 0 Å². The summed E-state index contributed by atoms with van der Waals surface area (Å²) < 4.78 is 0. The van der Waals surface area contributed by atoms with Crippen molar-refractivity contribution in [3.8, 4) is 0 Å². The van der Waals surface area contributed by atoms with Crippen LogP contribution in [-0.4, -0.2) is 23.1 Å². The van der Waals surface area contributed by atoms with Gasteiger partial charge in [0, 0.05) is 25.5 Å². The SMILES string of the molecule is NN1CCC(Cc2cccnc2)C1. The Morgan fingerprint density at radius 1 is 1.62 bits per heavy atom. The Bertz CT molecular complexity index is 260. The molecule has 3 nitrogen and oxygen atoms in total. The summed E-state index contributed by atoms with van der Waals surface area (Å²) in [6.07, 6.45) is 6.08. The molecule has 0 saturated carbocycles. The van der Waals surface area contributed by atoms with Crippen LogP contribution in [0.1, 0.15) is 12.0 Å². The van der Waals surface area contributed by atoms with Crippen molar-refractivity contribution in [2.24, 2.45) is 11.8 Å². The third-order valence-electron chi connectivity index (χ3n) is 2.56. The molecule has 2 rings (SSSR count). The van der Waals surface area contributed by atoms with Crippen molar-refractivity contribution in [3.05, 3.63) is 30.1 Å². The third kappa shape index (κ3) is 2.26. The molecule has 0 radical (unpaired) electrons. The van der Waals surface area contributed by atoms with Gasteiger partial charge in [-0.15, -0.1) is 0 Å². The van der Waals surface area contributed by atoms with Crippen molar-refractivity contribution in [1.82, 2.24) is 9.99 Å². The molecule has 0 aromatic carbocycles. The maximum atomic E-state index is 5.70. The zero-order valence-corrected chi connectivity index (χ0v) is 7.69. The van der Waals surface area contributed by atoms with Crippen molar-refractivity contribution in [2.45, 2.75) is 12.8 Å². The Kier molecular flexibility index (Phi) is 2.57. The summed E-state index contributed by atoms with van der Waals surface area (Å²) >= 11 is 0. The first-order chi connectivity index (χ1) is 6.34. The molecule has 2 heterocycles. The highest BCUT2D eigenvalue weighted by molar-refractivity contribution is 5.09. The largest absolute Gasteiger partial charge is 0.269 e. The van der Waals surface area contributed by atoms with E-state index in [1.807, 2.05) is 23.5 Å². The summed E-state index contributed by atoms with van der Waals surface area (Å²) in [6.45, 7) is 2.06. The monoisotopic (exact) mass is 177 g/mol. The van der Waals surface area contributed by atoms with Gasteiger partial charge in [0.05, 0.1) is 0 Å². The van der Waals surface area contributed by atoms with Crippen molar-refractivity contribution in [2.75, 3.05) is 13.1 Å². The molecule has 1 aromatic heterocycles. The van der Waals surface area contributed by atoms with Gasteiger partial charge in [-0.1, -0.05) is 6.07 Å². The van der Waals surface area contributed by atoms with E-state index in [0.29, 0.717) is 5.92 Å². The van der Waals surface area contributed by atoms with Crippen molar-refractivity contribution in [3.63, 3.8) is 0 Å². The van der Waals surface area contributed by atoms with Gasteiger partial charge in [-0.2, -0.15) is 0 Å². The molecule has 3 heteroatoms. The Labute approximate surface area is 78.5 Å². The first-order valence-electron chi connectivity index (χ1n) is 4.73. The van der Waals surface area contributed by atoms with Crippen LogP contribution in [0.25, 0.3) is 0 Å². The van der Waals surface area contributed by atoms with E-state index >= 15 is 0 Å². The van der Waals surface area contributed by atoms with E-state index in [1.165, 1.54) is 12.0 Å². The second kappa shape index (κ2) is 3.85. The maximum Gasteiger partial charge on any atom is 0.0299 e. The Morgan fingerprint density at radius 2 is 2.54 bits per heavy atom. The highest BCUT2D eigenvalue weighted by Gasteiger charge is 2.19. The van der Waals surface area contributed by atoms with Gasteiger partial charge in [-0.05, 0) is 30.4 Å². The fraction of sp³-hybridized carbons (Fsp3) is 0.500. The van der Waals surface area contributed by atoms with E-state index in [4.69, 9.17) is 5.84 Å². The van der Waals surface area contributed by atoms with Crippen LogP contribution in [0.4, 0.5) is 0 Å². The summed E-state index contributed by atoms with van der Waals surface area (Å²) in [6, 6.07) is 4.12. The number of pyridine rings is 1. The highest BCUT2D eigenvalue weighted by Crippen LogP contribution is 2.17. The molecule has 0 bridgehead atoms. The molecule has 13 heavy (non-hydrogen) atoms. The number of nitrogens with two attached hydrogens (primary N) is 1. The van der Waals surface area contributed by atoms with Crippen LogP contribution in [0.2, 0.25) is 0 Å². The van der Waals surface area contributed by atoms with E-state index in [9.17, 15) is 0 Å². The average Bonchev–Trinajstić information content (AvgIpc) is 2.53. The number of nitrogens with zero attached hydrogens (tertiary/aromatic N) is 2. The van der Waals surface area contributed by atoms with Crippen LogP contribution < -0.4 is 5.84 Å². The molecule has 1 atom stereocenters. The summed E-state index contributed by atoms with van der Waals surface area (Å²) in [5.41, 5.74) is 1.32. The van der Waals surface area contributed by atoms with Crippen molar-refractivity contribution >= 4 is 0 Å². The predicted octanol–water partition coefficient (Wildman–Crippen LogP) is 0.820. The lowest BCUT2D eigenvalue weighted by Gasteiger charge is -2.09. The van der Waals surface area contributed by atoms with Crippen LogP contribution in [-0.2, 0) is 6.42 Å². The maximum absolute atomic E-state index is 5.70. The quantitative estimate of drug-likeness (QED) is 0.680. The minimum Gasteiger partial charge on any atom is -0.269 e. The molecule has 1 fully saturated rings. The normalized spacial score (nSPS) is 23.6. The number of hydrogen-bond donors (Lipinski definition) is 1. The molecule has 0 spiro atoms. The number of rotatable bonds is 2. The summed E-state index contributed by atoms with van der Waals surface area (Å²) in [7, 11) is 0. The highest BCUT2D eigenvalue weighted by atomic mass is 15.4. The van der Waals surface area contributed by atoms with E-state index in [1.54, 1.807) is 0 Å². The predicted molar refractivity (Wildman–Crippen MR) is 51.8 cm³/mol. The lowest BCUT2D eigenvalue weighted by molar-refractivity contribution is 0.338. The van der Waals surface area contributed by atoms with Crippen LogP contribution in [0.5, 0.6) is 0 Å². The standard InChI is InChI=1S/C10H15N3/c11-13-5-3-10(8-13)6-9-2-1-4-12-7-9/h1-2,4,7,10H,3,5-6,8,11H2. The molecular formula is C10H15N3. The molecule has 1 unspecified atom stereocenters. The Morgan fingerprint density at radius 3 is 3.15 bits per heavy atom. The molecular weight excluding hydrogens is 162 g/mol. The number of hydrazine groups is 1. The van der Waals surface area contributed by atoms with E-state index in [2.05, 4.69) is 11.1 Å². The van der Waals surface area contributed by atoms with Crippen molar-refractivity contribution < 1.29 is 0 Å². The fourth-order valence-electron chi connectivity index (χ4n) is 1.88. The van der Waals surface area contributed by atoms with Gasteiger partial charge >= 0.3 is 0 Å². The molecule has 70 valence electrons. The first kappa shape index (κ1) is 8.66. The fourth-order valence-corrected chi connectivity index (χ4v) is 1.88. The lowest BCUT2D eigenvalue weighted by atomic mass is 10.0. The average molecular weight is 177 g/mol. The Hall–Kier alpha value is -0.930. The van der Waals surface area contributed by atoms with E-state index in [-0.39, 0.29) is 0 Å². The number of aromatic nitrogens is 1. The first-order valence-corrected chi connectivity index (χ1v) is 4.73. The minimum atomic E-state index is 0.717. The van der Waals surface area contributed by atoms with Crippen LogP contribution in [0, 0.1) is 5.92 Å². The van der Waals surface area contributed by atoms with Gasteiger partial charge in [0.15, 0.2) is 0 Å². The molecule has 1 saturated heterocycles. The van der Waals surface area contributed by atoms with Gasteiger partial charge < -0.3 is 0 Å². The third-order valence-corrected chi connectivity index (χ3v) is 2.56. The summed E-state index contributed by atoms with van der Waals surface area (Å²) in [5.74, 6) is 6.41. The van der Waals surface area contributed by atoms with Crippen LogP contribution >= 0.6 is 0 Å². The smallest absolute Gasteiger partial charge is 0.0299 e. The molecule has 1 aliphatic rings. The molecule has 0 aliphatic carbocycles. The topological polar surface area (TPSA) is 42.1 Å². The van der Waals surface area contributed by atoms with Gasteiger partial charge in [-0.25, -0.2) is 5.01 Å². The van der Waals surface area contributed by atoms with Gasteiger partial charge in [0.1, 0.15) is 0 Å². The van der Waals surface area contributed by atoms with Gasteiger partial charge in [0.2, 0.25) is 0 Å². The van der Waals surface area contributed by atoms with Gasteiger partial charge in [-0.3, -0.25) is 10.8 Å². The van der Waals surface area contributed by atoms with Crippen molar-refractivity contribution in [1.29, 1.82) is 0 Å². The Balaban J connectivity index is 1.92. The zero-order chi connectivity index (χ0) is 9.10. The van der Waals surface area contributed by atoms with E-state index in [0.717, 1.165) is 19.5 Å². The lowest BCUT2D eigenvalue weighted by Crippen LogP contribution is -2.28. The summed E-state index contributed by atoms with van der Waals surface area (Å²) in [5, 5.41) is 1.90. The minimum absolute atomic E-state index is 0.717. The molecule has 2 N–H and O–H groups in total. The second-order valence-corrected chi connectivity index (χ2v) is 3.72. The van der Waals surface area contributed by atoms with Crippen LogP contribution in [0.15, 0.2) is 24.5 Å². The molecule has 0 amide bonds. The zero-order valence-electron chi connectivity index (χ0n) is 7.69. The summed E-state index contributed by atoms with van der Waals surface area (Å²) in [4.78, 5) is 4.10. The number of hydrogen-bond acceptors (Lipinski definition) is 3. The molecule has 1 aliphatic heterocycles.